The van der Waals surface area contributed by atoms with E-state index in [9.17, 15) is 8.78 Å². The third kappa shape index (κ3) is 2.96. The molecule has 0 unspecified atom stereocenters. The fourth-order valence-corrected chi connectivity index (χ4v) is 1.90. The molecule has 0 aliphatic carbocycles. The lowest BCUT2D eigenvalue weighted by atomic mass is 10.2. The van der Waals surface area contributed by atoms with Crippen LogP contribution in [-0.4, -0.2) is 7.11 Å². The number of ether oxygens (including phenoxy) is 1. The van der Waals surface area contributed by atoms with E-state index in [-0.39, 0.29) is 15.8 Å². The summed E-state index contributed by atoms with van der Waals surface area (Å²) < 4.78 is 32.3. The molecule has 6 heteroatoms. The first-order chi connectivity index (χ1) is 9.01. The molecule has 0 radical (unpaired) electrons. The fraction of sp³-hybridized carbons (Fsp3) is 0.0769. The molecule has 100 valence electrons. The molecular weight excluding hydrogens is 318 g/mol. The van der Waals surface area contributed by atoms with E-state index < -0.39 is 11.6 Å². The molecule has 0 saturated carbocycles. The van der Waals surface area contributed by atoms with Gasteiger partial charge in [0.05, 0.1) is 28.6 Å². The standard InChI is InChI=1S/C13H11BrF2N2O/c1-19-7-2-3-9(15)12(4-7)18-13-6-10(16)8(14)5-11(13)17/h2-6,18H,17H2,1H3. The Morgan fingerprint density at radius 3 is 2.53 bits per heavy atom. The van der Waals surface area contributed by atoms with Crippen molar-refractivity contribution in [1.82, 2.24) is 0 Å². The highest BCUT2D eigenvalue weighted by Gasteiger charge is 2.09. The maximum atomic E-state index is 13.6. The molecule has 0 aliphatic heterocycles. The Bertz CT molecular complexity index is 620. The van der Waals surface area contributed by atoms with Crippen LogP contribution in [0.25, 0.3) is 0 Å². The van der Waals surface area contributed by atoms with Crippen molar-refractivity contribution < 1.29 is 13.5 Å². The molecular formula is C13H11BrF2N2O. The normalized spacial score (nSPS) is 10.3. The zero-order valence-electron chi connectivity index (χ0n) is 10.0. The van der Waals surface area contributed by atoms with Crippen LogP contribution in [-0.2, 0) is 0 Å². The summed E-state index contributed by atoms with van der Waals surface area (Å²) in [6, 6.07) is 6.82. The number of nitrogens with one attached hydrogen (secondary N) is 1. The van der Waals surface area contributed by atoms with Crippen LogP contribution in [0.1, 0.15) is 0 Å². The molecule has 2 aromatic carbocycles. The first kappa shape index (κ1) is 13.6. The first-order valence-corrected chi connectivity index (χ1v) is 6.15. The van der Waals surface area contributed by atoms with Gasteiger partial charge in [0, 0.05) is 12.1 Å². The van der Waals surface area contributed by atoms with Gasteiger partial charge in [-0.05, 0) is 34.1 Å². The van der Waals surface area contributed by atoms with Gasteiger partial charge in [0.25, 0.3) is 0 Å². The summed E-state index contributed by atoms with van der Waals surface area (Å²) in [4.78, 5) is 0. The fourth-order valence-electron chi connectivity index (χ4n) is 1.54. The third-order valence-corrected chi connectivity index (χ3v) is 3.14. The number of anilines is 3. The molecule has 0 amide bonds. The highest BCUT2D eigenvalue weighted by molar-refractivity contribution is 9.10. The molecule has 0 bridgehead atoms. The van der Waals surface area contributed by atoms with Gasteiger partial charge in [-0.2, -0.15) is 0 Å². The zero-order valence-corrected chi connectivity index (χ0v) is 11.6. The lowest BCUT2D eigenvalue weighted by Crippen LogP contribution is -2.00. The van der Waals surface area contributed by atoms with Gasteiger partial charge in [-0.15, -0.1) is 0 Å². The average Bonchev–Trinajstić information content (AvgIpc) is 2.38. The summed E-state index contributed by atoms with van der Waals surface area (Å²) in [6.45, 7) is 0. The summed E-state index contributed by atoms with van der Waals surface area (Å²) in [6.07, 6.45) is 0. The maximum absolute atomic E-state index is 13.6. The molecule has 0 atom stereocenters. The molecule has 3 nitrogen and oxygen atoms in total. The van der Waals surface area contributed by atoms with Gasteiger partial charge in [0.1, 0.15) is 17.4 Å². The molecule has 0 spiro atoms. The average molecular weight is 329 g/mol. The molecule has 0 aliphatic rings. The van der Waals surface area contributed by atoms with E-state index in [1.807, 2.05) is 0 Å². The molecule has 0 saturated heterocycles. The van der Waals surface area contributed by atoms with Crippen LogP contribution < -0.4 is 15.8 Å². The first-order valence-electron chi connectivity index (χ1n) is 5.36. The molecule has 19 heavy (non-hydrogen) atoms. The van der Waals surface area contributed by atoms with E-state index in [1.54, 1.807) is 0 Å². The van der Waals surface area contributed by atoms with Crippen LogP contribution in [0.5, 0.6) is 5.75 Å². The monoisotopic (exact) mass is 328 g/mol. The summed E-state index contributed by atoms with van der Waals surface area (Å²) >= 11 is 3.03. The second-order valence-electron chi connectivity index (χ2n) is 3.82. The summed E-state index contributed by atoms with van der Waals surface area (Å²) in [7, 11) is 1.48. The summed E-state index contributed by atoms with van der Waals surface area (Å²) in [5, 5.41) is 2.74. The Morgan fingerprint density at radius 1 is 1.11 bits per heavy atom. The largest absolute Gasteiger partial charge is 0.497 e. The molecule has 0 heterocycles. The van der Waals surface area contributed by atoms with Crippen LogP contribution in [0.4, 0.5) is 25.8 Å². The van der Waals surface area contributed by atoms with Crippen LogP contribution in [0.15, 0.2) is 34.8 Å². The smallest absolute Gasteiger partial charge is 0.146 e. The molecule has 0 fully saturated rings. The minimum absolute atomic E-state index is 0.160. The van der Waals surface area contributed by atoms with Gasteiger partial charge in [0.2, 0.25) is 0 Å². The van der Waals surface area contributed by atoms with Crippen molar-refractivity contribution in [3.05, 3.63) is 46.4 Å². The number of hydrogen-bond donors (Lipinski definition) is 2. The van der Waals surface area contributed by atoms with Crippen molar-refractivity contribution in [3.63, 3.8) is 0 Å². The SMILES string of the molecule is COc1ccc(F)c(Nc2cc(F)c(Br)cc2N)c1. The number of nitrogens with two attached hydrogens (primary N) is 1. The van der Waals surface area contributed by atoms with Crippen molar-refractivity contribution >= 4 is 33.0 Å². The van der Waals surface area contributed by atoms with Crippen LogP contribution in [0.2, 0.25) is 0 Å². The van der Waals surface area contributed by atoms with E-state index in [2.05, 4.69) is 21.2 Å². The second-order valence-corrected chi connectivity index (χ2v) is 4.68. The number of nitrogen functional groups attached to an aromatic ring is 1. The zero-order chi connectivity index (χ0) is 14.0. The van der Waals surface area contributed by atoms with Crippen molar-refractivity contribution in [1.29, 1.82) is 0 Å². The highest BCUT2D eigenvalue weighted by atomic mass is 79.9. The minimum Gasteiger partial charge on any atom is -0.497 e. The third-order valence-electron chi connectivity index (χ3n) is 2.54. The maximum Gasteiger partial charge on any atom is 0.146 e. The van der Waals surface area contributed by atoms with Gasteiger partial charge < -0.3 is 15.8 Å². The van der Waals surface area contributed by atoms with Crippen molar-refractivity contribution in [2.45, 2.75) is 0 Å². The Balaban J connectivity index is 2.38. The van der Waals surface area contributed by atoms with E-state index in [0.717, 1.165) is 0 Å². The van der Waals surface area contributed by atoms with Gasteiger partial charge in [0.15, 0.2) is 0 Å². The van der Waals surface area contributed by atoms with Crippen molar-refractivity contribution in [3.8, 4) is 5.75 Å². The predicted octanol–water partition coefficient (Wildman–Crippen LogP) is 4.06. The molecule has 2 rings (SSSR count). The van der Waals surface area contributed by atoms with Crippen LogP contribution >= 0.6 is 15.9 Å². The Labute approximate surface area is 117 Å². The molecule has 0 aromatic heterocycles. The minimum atomic E-state index is -0.486. The van der Waals surface area contributed by atoms with E-state index in [4.69, 9.17) is 10.5 Å². The lowest BCUT2D eigenvalue weighted by Gasteiger charge is -2.12. The number of rotatable bonds is 3. The highest BCUT2D eigenvalue weighted by Crippen LogP contribution is 2.31. The van der Waals surface area contributed by atoms with Gasteiger partial charge >= 0.3 is 0 Å². The van der Waals surface area contributed by atoms with Gasteiger partial charge in [-0.25, -0.2) is 8.78 Å². The summed E-state index contributed by atoms with van der Waals surface area (Å²) in [5.74, 6) is -0.483. The van der Waals surface area contributed by atoms with E-state index in [1.165, 1.54) is 37.4 Å². The predicted molar refractivity (Wildman–Crippen MR) is 74.7 cm³/mol. The quantitative estimate of drug-likeness (QED) is 0.835. The van der Waals surface area contributed by atoms with Crippen LogP contribution in [0.3, 0.4) is 0 Å². The second kappa shape index (κ2) is 5.44. The van der Waals surface area contributed by atoms with Crippen LogP contribution in [0, 0.1) is 11.6 Å². The number of methoxy groups -OCH3 is 1. The van der Waals surface area contributed by atoms with E-state index in [0.29, 0.717) is 11.4 Å². The number of benzene rings is 2. The van der Waals surface area contributed by atoms with Crippen molar-refractivity contribution in [2.75, 3.05) is 18.2 Å². The molecule has 2 aromatic rings. The Morgan fingerprint density at radius 2 is 1.84 bits per heavy atom. The Kier molecular flexibility index (Phi) is 3.90. The van der Waals surface area contributed by atoms with E-state index >= 15 is 0 Å². The molecule has 3 N–H and O–H groups in total. The number of hydrogen-bond acceptors (Lipinski definition) is 3. The van der Waals surface area contributed by atoms with Crippen molar-refractivity contribution in [2.24, 2.45) is 0 Å². The Hall–Kier alpha value is -1.82. The van der Waals surface area contributed by atoms with Gasteiger partial charge in [-0.1, -0.05) is 0 Å². The topological polar surface area (TPSA) is 47.3 Å². The lowest BCUT2D eigenvalue weighted by molar-refractivity contribution is 0.414. The number of halogens is 3. The summed E-state index contributed by atoms with van der Waals surface area (Å²) in [5.41, 5.74) is 6.49. The van der Waals surface area contributed by atoms with Gasteiger partial charge in [-0.3, -0.25) is 0 Å².